The summed E-state index contributed by atoms with van der Waals surface area (Å²) >= 11 is 0. The fraction of sp³-hybridized carbons (Fsp3) is 0.565. The first kappa shape index (κ1) is 20.1. The van der Waals surface area contributed by atoms with Crippen LogP contribution in [0.5, 0.6) is 0 Å². The highest BCUT2D eigenvalue weighted by Crippen LogP contribution is 2.21. The van der Waals surface area contributed by atoms with Gasteiger partial charge in [0.25, 0.3) is 0 Å². The summed E-state index contributed by atoms with van der Waals surface area (Å²) in [6, 6.07) is 7.78. The number of hydrogen-bond donors (Lipinski definition) is 1. The van der Waals surface area contributed by atoms with Crippen molar-refractivity contribution in [1.29, 1.82) is 0 Å². The number of likely N-dealkylation sites (tertiary alicyclic amines) is 1. The van der Waals surface area contributed by atoms with E-state index in [4.69, 9.17) is 0 Å². The second-order valence-corrected chi connectivity index (χ2v) is 8.40. The molecule has 2 fully saturated rings. The van der Waals surface area contributed by atoms with Crippen molar-refractivity contribution in [2.24, 2.45) is 0 Å². The molecule has 1 amide bonds. The van der Waals surface area contributed by atoms with E-state index in [0.29, 0.717) is 6.54 Å². The predicted molar refractivity (Wildman–Crippen MR) is 115 cm³/mol. The van der Waals surface area contributed by atoms with Crippen LogP contribution in [0.25, 0.3) is 10.9 Å². The van der Waals surface area contributed by atoms with E-state index < -0.39 is 0 Å². The maximum atomic E-state index is 13.1. The molecule has 1 aromatic heterocycles. The number of fused-ring (bicyclic) bond motifs is 1. The molecule has 1 aromatic carbocycles. The van der Waals surface area contributed by atoms with Crippen molar-refractivity contribution < 1.29 is 9.59 Å². The topological polar surface area (TPSA) is 59.7 Å². The van der Waals surface area contributed by atoms with Gasteiger partial charge in [0, 0.05) is 61.9 Å². The highest BCUT2D eigenvalue weighted by molar-refractivity contribution is 6.10. The molecule has 2 aliphatic heterocycles. The van der Waals surface area contributed by atoms with Gasteiger partial charge >= 0.3 is 0 Å². The van der Waals surface area contributed by atoms with Crippen LogP contribution in [0.1, 0.15) is 43.0 Å². The van der Waals surface area contributed by atoms with E-state index in [1.807, 2.05) is 42.3 Å². The summed E-state index contributed by atoms with van der Waals surface area (Å²) in [6.07, 6.45) is 6.58. The van der Waals surface area contributed by atoms with Gasteiger partial charge in [-0.3, -0.25) is 19.4 Å². The van der Waals surface area contributed by atoms with Crippen molar-refractivity contribution in [1.82, 2.24) is 19.7 Å². The van der Waals surface area contributed by atoms with Crippen molar-refractivity contribution in [3.05, 3.63) is 36.0 Å². The van der Waals surface area contributed by atoms with Crippen molar-refractivity contribution in [2.75, 3.05) is 45.8 Å². The fourth-order valence-corrected chi connectivity index (χ4v) is 4.59. The van der Waals surface area contributed by atoms with E-state index >= 15 is 0 Å². The maximum Gasteiger partial charge on any atom is 0.236 e. The minimum absolute atomic E-state index is 0.155. The second-order valence-electron chi connectivity index (χ2n) is 8.40. The molecule has 4 rings (SSSR count). The van der Waals surface area contributed by atoms with Gasteiger partial charge in [-0.05, 0) is 25.8 Å². The largest absolute Gasteiger partial charge is 0.360 e. The molecule has 0 saturated carbocycles. The third-order valence-electron chi connectivity index (χ3n) is 6.51. The number of nitrogens with one attached hydrogen (secondary N) is 1. The second kappa shape index (κ2) is 9.09. The molecular weight excluding hydrogens is 364 g/mol. The van der Waals surface area contributed by atoms with Crippen LogP contribution in [-0.2, 0) is 4.79 Å². The zero-order valence-corrected chi connectivity index (χ0v) is 17.4. The molecule has 6 nitrogen and oxygen atoms in total. The number of aromatic amines is 1. The molecule has 2 saturated heterocycles. The molecule has 2 aliphatic rings. The lowest BCUT2D eigenvalue weighted by atomic mass is 10.0. The standard InChI is InChI=1S/C23H32N4O2/c1-18(23(29)20-16-24-21-9-5-4-8-19(20)21)26-14-12-25(13-15-26)17-22(28)27-10-6-2-3-7-11-27/h4-5,8-9,16,18,24H,2-3,6-7,10-15,17H2,1H3. The molecule has 0 aliphatic carbocycles. The number of Topliss-reactive ketones (excluding diaryl/α,β-unsaturated/α-hetero) is 1. The SMILES string of the molecule is CC(C(=O)c1c[nH]c2ccccc12)N1CCN(CC(=O)N2CCCCCC2)CC1. The molecule has 29 heavy (non-hydrogen) atoms. The molecule has 2 aromatic rings. The number of ketones is 1. The first-order valence-corrected chi connectivity index (χ1v) is 11.0. The number of nitrogens with zero attached hydrogens (tertiary/aromatic N) is 3. The summed E-state index contributed by atoms with van der Waals surface area (Å²) in [7, 11) is 0. The van der Waals surface area contributed by atoms with E-state index in [1.165, 1.54) is 12.8 Å². The third kappa shape index (κ3) is 4.54. The van der Waals surface area contributed by atoms with Crippen molar-refractivity contribution in [3.8, 4) is 0 Å². The van der Waals surface area contributed by atoms with Crippen LogP contribution in [0, 0.1) is 0 Å². The van der Waals surface area contributed by atoms with E-state index in [2.05, 4.69) is 14.8 Å². The summed E-state index contributed by atoms with van der Waals surface area (Å²) in [5.41, 5.74) is 1.77. The van der Waals surface area contributed by atoms with Gasteiger partial charge in [0.2, 0.25) is 5.91 Å². The van der Waals surface area contributed by atoms with Gasteiger partial charge in [-0.25, -0.2) is 0 Å². The van der Waals surface area contributed by atoms with Crippen molar-refractivity contribution >= 4 is 22.6 Å². The summed E-state index contributed by atoms with van der Waals surface area (Å²) in [5, 5.41) is 0.992. The van der Waals surface area contributed by atoms with Gasteiger partial charge in [0.1, 0.15) is 0 Å². The van der Waals surface area contributed by atoms with Crippen LogP contribution in [-0.4, -0.2) is 83.2 Å². The summed E-state index contributed by atoms with van der Waals surface area (Å²) in [5.74, 6) is 0.430. The van der Waals surface area contributed by atoms with Crippen LogP contribution in [0.2, 0.25) is 0 Å². The first-order chi connectivity index (χ1) is 14.1. The normalized spacial score (nSPS) is 20.5. The first-order valence-electron chi connectivity index (χ1n) is 11.0. The Kier molecular flexibility index (Phi) is 6.31. The lowest BCUT2D eigenvalue weighted by Crippen LogP contribution is -2.53. The quantitative estimate of drug-likeness (QED) is 0.790. The van der Waals surface area contributed by atoms with Crippen LogP contribution >= 0.6 is 0 Å². The van der Waals surface area contributed by atoms with Gasteiger partial charge in [0.15, 0.2) is 5.78 Å². The Labute approximate surface area is 172 Å². The van der Waals surface area contributed by atoms with Gasteiger partial charge in [-0.1, -0.05) is 31.0 Å². The fourth-order valence-electron chi connectivity index (χ4n) is 4.59. The highest BCUT2D eigenvalue weighted by atomic mass is 16.2. The Balaban J connectivity index is 1.30. The van der Waals surface area contributed by atoms with Crippen LogP contribution in [0.4, 0.5) is 0 Å². The molecule has 6 heteroatoms. The monoisotopic (exact) mass is 396 g/mol. The number of para-hydroxylation sites is 1. The molecule has 1 N–H and O–H groups in total. The Bertz CT molecular complexity index is 845. The number of carbonyl (C=O) groups is 2. The van der Waals surface area contributed by atoms with Gasteiger partial charge < -0.3 is 9.88 Å². The number of aromatic nitrogens is 1. The average molecular weight is 397 g/mol. The Morgan fingerprint density at radius 1 is 0.966 bits per heavy atom. The number of rotatable bonds is 5. The number of carbonyl (C=O) groups excluding carboxylic acids is 2. The van der Waals surface area contributed by atoms with Gasteiger partial charge in [0.05, 0.1) is 12.6 Å². The summed E-state index contributed by atoms with van der Waals surface area (Å²) in [6.45, 7) is 7.66. The lowest BCUT2D eigenvalue weighted by molar-refractivity contribution is -0.132. The van der Waals surface area contributed by atoms with E-state index in [-0.39, 0.29) is 17.7 Å². The molecule has 0 spiro atoms. The van der Waals surface area contributed by atoms with Gasteiger partial charge in [-0.15, -0.1) is 0 Å². The Hall–Kier alpha value is -2.18. The molecule has 1 atom stereocenters. The van der Waals surface area contributed by atoms with Crippen molar-refractivity contribution in [2.45, 2.75) is 38.6 Å². The van der Waals surface area contributed by atoms with E-state index in [0.717, 1.165) is 68.6 Å². The number of piperazine rings is 1. The van der Waals surface area contributed by atoms with Crippen LogP contribution in [0.3, 0.4) is 0 Å². The minimum Gasteiger partial charge on any atom is -0.360 e. The smallest absolute Gasteiger partial charge is 0.236 e. The number of H-pyrrole nitrogens is 1. The zero-order chi connectivity index (χ0) is 20.2. The summed E-state index contributed by atoms with van der Waals surface area (Å²) < 4.78 is 0. The minimum atomic E-state index is -0.155. The average Bonchev–Trinajstić information content (AvgIpc) is 2.98. The van der Waals surface area contributed by atoms with Crippen LogP contribution < -0.4 is 0 Å². The molecule has 3 heterocycles. The Morgan fingerprint density at radius 2 is 1.66 bits per heavy atom. The number of benzene rings is 1. The molecule has 0 radical (unpaired) electrons. The van der Waals surface area contributed by atoms with Crippen molar-refractivity contribution in [3.63, 3.8) is 0 Å². The Morgan fingerprint density at radius 3 is 2.38 bits per heavy atom. The highest BCUT2D eigenvalue weighted by Gasteiger charge is 2.28. The van der Waals surface area contributed by atoms with E-state index in [1.54, 1.807) is 0 Å². The van der Waals surface area contributed by atoms with E-state index in [9.17, 15) is 9.59 Å². The molecule has 156 valence electrons. The van der Waals surface area contributed by atoms with Crippen LogP contribution in [0.15, 0.2) is 30.5 Å². The van der Waals surface area contributed by atoms with Gasteiger partial charge in [-0.2, -0.15) is 0 Å². The third-order valence-corrected chi connectivity index (χ3v) is 6.51. The lowest BCUT2D eigenvalue weighted by Gasteiger charge is -2.37. The molecule has 1 unspecified atom stereocenters. The number of hydrogen-bond acceptors (Lipinski definition) is 4. The predicted octanol–water partition coefficient (Wildman–Crippen LogP) is 2.76. The summed E-state index contributed by atoms with van der Waals surface area (Å²) in [4.78, 5) is 35.5. The molecule has 0 bridgehead atoms. The number of amides is 1. The maximum absolute atomic E-state index is 13.1. The zero-order valence-electron chi connectivity index (χ0n) is 17.4. The molecular formula is C23H32N4O2.